The molecule has 3 aromatic rings. The van der Waals surface area contributed by atoms with Gasteiger partial charge in [-0.1, -0.05) is 30.0 Å². The highest BCUT2D eigenvalue weighted by Crippen LogP contribution is 2.28. The van der Waals surface area contributed by atoms with Crippen molar-refractivity contribution in [2.75, 3.05) is 12.4 Å². The first kappa shape index (κ1) is 18.8. The monoisotopic (exact) mass is 384 g/mol. The van der Waals surface area contributed by atoms with Crippen LogP contribution < -0.4 is 10.2 Å². The number of ether oxygens (including phenoxy) is 1. The van der Waals surface area contributed by atoms with Gasteiger partial charge in [0, 0.05) is 12.6 Å². The van der Waals surface area contributed by atoms with E-state index in [1.807, 2.05) is 42.8 Å². The maximum Gasteiger partial charge on any atom is 0.250 e. The lowest BCUT2D eigenvalue weighted by Gasteiger charge is -2.07. The molecule has 140 valence electrons. The number of rotatable bonds is 7. The first-order valence-corrected chi connectivity index (χ1v) is 9.39. The molecule has 0 saturated carbocycles. The summed E-state index contributed by atoms with van der Waals surface area (Å²) in [5.41, 5.74) is 4.83. The van der Waals surface area contributed by atoms with Crippen LogP contribution in [0.5, 0.6) is 11.5 Å². The van der Waals surface area contributed by atoms with Crippen LogP contribution in [-0.2, 0) is 11.8 Å². The fourth-order valence-electron chi connectivity index (χ4n) is 2.50. The number of nitrogens with zero attached hydrogens (tertiary/aromatic N) is 3. The maximum atomic E-state index is 12.0. The van der Waals surface area contributed by atoms with E-state index in [4.69, 9.17) is 4.74 Å². The van der Waals surface area contributed by atoms with Gasteiger partial charge in [-0.2, -0.15) is 5.10 Å². The predicted octanol–water partition coefficient (Wildman–Crippen LogP) is 2.92. The first-order valence-electron chi connectivity index (χ1n) is 8.41. The number of thioether (sulfide) groups is 1. The van der Waals surface area contributed by atoms with Crippen molar-refractivity contribution >= 4 is 34.9 Å². The molecule has 0 aliphatic rings. The third-order valence-corrected chi connectivity index (χ3v) is 4.83. The number of nitrogens with one attached hydrogen (secondary N) is 1. The van der Waals surface area contributed by atoms with E-state index < -0.39 is 0 Å². The first-order chi connectivity index (χ1) is 13.1. The van der Waals surface area contributed by atoms with Gasteiger partial charge in [-0.25, -0.2) is 10.4 Å². The van der Waals surface area contributed by atoms with Gasteiger partial charge in [0.2, 0.25) is 0 Å². The van der Waals surface area contributed by atoms with Crippen LogP contribution in [0, 0.1) is 0 Å². The predicted molar refractivity (Wildman–Crippen MR) is 106 cm³/mol. The molecule has 0 aliphatic heterocycles. The molecule has 0 bridgehead atoms. The number of benzene rings is 2. The Morgan fingerprint density at radius 3 is 2.93 bits per heavy atom. The van der Waals surface area contributed by atoms with Gasteiger partial charge < -0.3 is 14.4 Å². The number of hydrazone groups is 1. The number of carbonyl (C=O) groups is 1. The van der Waals surface area contributed by atoms with Crippen LogP contribution in [0.2, 0.25) is 0 Å². The van der Waals surface area contributed by atoms with Crippen LogP contribution in [0.25, 0.3) is 11.0 Å². The molecule has 1 aromatic heterocycles. The summed E-state index contributed by atoms with van der Waals surface area (Å²) in [6, 6.07) is 12.9. The molecular weight excluding hydrogens is 364 g/mol. The van der Waals surface area contributed by atoms with Crippen molar-refractivity contribution in [2.45, 2.75) is 12.1 Å². The summed E-state index contributed by atoms with van der Waals surface area (Å²) in [5.74, 6) is 0.291. The molecule has 0 spiro atoms. The van der Waals surface area contributed by atoms with Gasteiger partial charge >= 0.3 is 0 Å². The number of phenols is 1. The topological polar surface area (TPSA) is 88.7 Å². The number of hydrogen-bond donors (Lipinski definition) is 2. The molecule has 0 atom stereocenters. The highest BCUT2D eigenvalue weighted by atomic mass is 32.2. The van der Waals surface area contributed by atoms with Crippen LogP contribution in [0.15, 0.2) is 52.7 Å². The van der Waals surface area contributed by atoms with Crippen molar-refractivity contribution in [2.24, 2.45) is 12.1 Å². The van der Waals surface area contributed by atoms with Gasteiger partial charge in [-0.15, -0.1) is 0 Å². The minimum absolute atomic E-state index is 0.00794. The molecule has 3 rings (SSSR count). The van der Waals surface area contributed by atoms with Gasteiger partial charge in [-0.3, -0.25) is 4.79 Å². The highest BCUT2D eigenvalue weighted by molar-refractivity contribution is 7.99. The second-order valence-electron chi connectivity index (χ2n) is 5.65. The van der Waals surface area contributed by atoms with Crippen molar-refractivity contribution in [1.82, 2.24) is 15.0 Å². The van der Waals surface area contributed by atoms with Crippen LogP contribution in [0.3, 0.4) is 0 Å². The Kier molecular flexibility index (Phi) is 5.97. The van der Waals surface area contributed by atoms with E-state index in [9.17, 15) is 9.90 Å². The summed E-state index contributed by atoms with van der Waals surface area (Å²) in [7, 11) is 1.92. The van der Waals surface area contributed by atoms with Crippen LogP contribution in [0.4, 0.5) is 0 Å². The van der Waals surface area contributed by atoms with Crippen LogP contribution in [-0.4, -0.2) is 39.1 Å². The molecule has 0 saturated heterocycles. The number of amides is 1. The molecular formula is C19H20N4O3S. The molecule has 0 unspecified atom stereocenters. The molecule has 1 amide bonds. The largest absolute Gasteiger partial charge is 0.504 e. The molecule has 2 N–H and O–H groups in total. The number of fused-ring (bicyclic) bond motifs is 1. The summed E-state index contributed by atoms with van der Waals surface area (Å²) < 4.78 is 7.27. The Labute approximate surface area is 161 Å². The number of aromatic hydroxyl groups is 1. The van der Waals surface area contributed by atoms with E-state index >= 15 is 0 Å². The minimum atomic E-state index is -0.260. The second-order valence-corrected chi connectivity index (χ2v) is 6.59. The van der Waals surface area contributed by atoms with Gasteiger partial charge in [0.05, 0.1) is 29.6 Å². The zero-order chi connectivity index (χ0) is 19.2. The van der Waals surface area contributed by atoms with Gasteiger partial charge in [0.15, 0.2) is 16.7 Å². The fraction of sp³-hybridized carbons (Fsp3) is 0.211. The molecule has 2 aromatic carbocycles. The smallest absolute Gasteiger partial charge is 0.250 e. The van der Waals surface area contributed by atoms with Crippen LogP contribution in [0.1, 0.15) is 12.5 Å². The number of phenolic OH excluding ortho intramolecular Hbond substituents is 1. The van der Waals surface area contributed by atoms with Crippen molar-refractivity contribution < 1.29 is 14.6 Å². The third kappa shape index (κ3) is 4.40. The quantitative estimate of drug-likeness (QED) is 0.371. The summed E-state index contributed by atoms with van der Waals surface area (Å²) in [4.78, 5) is 16.5. The molecule has 27 heavy (non-hydrogen) atoms. The average molecular weight is 384 g/mol. The molecule has 7 nitrogen and oxygen atoms in total. The summed E-state index contributed by atoms with van der Waals surface area (Å²) in [6.07, 6.45) is 1.38. The van der Waals surface area contributed by atoms with Crippen molar-refractivity contribution in [3.63, 3.8) is 0 Å². The summed E-state index contributed by atoms with van der Waals surface area (Å²) in [5, 5.41) is 14.8. The Morgan fingerprint density at radius 1 is 1.33 bits per heavy atom. The Morgan fingerprint density at radius 2 is 2.15 bits per heavy atom. The summed E-state index contributed by atoms with van der Waals surface area (Å²) >= 11 is 1.34. The maximum absolute atomic E-state index is 12.0. The van der Waals surface area contributed by atoms with E-state index in [0.29, 0.717) is 17.9 Å². The molecule has 0 fully saturated rings. The number of imidazole rings is 1. The zero-order valence-electron chi connectivity index (χ0n) is 15.0. The standard InChI is InChI=1S/C19H20N4O3S/c1-3-26-16-10-6-7-13(18(16)25)11-20-22-17(24)12-27-19-21-14-8-4-5-9-15(14)23(19)2/h4-11,25H,3,12H2,1-2H3,(H,22,24)/b20-11+. The Balaban J connectivity index is 1.57. The number of para-hydroxylation sites is 3. The second kappa shape index (κ2) is 8.59. The molecule has 8 heteroatoms. The lowest BCUT2D eigenvalue weighted by Crippen LogP contribution is -2.19. The van der Waals surface area contributed by atoms with E-state index in [1.54, 1.807) is 18.2 Å². The molecule has 1 heterocycles. The van der Waals surface area contributed by atoms with Crippen molar-refractivity contribution in [3.05, 3.63) is 48.0 Å². The highest BCUT2D eigenvalue weighted by Gasteiger charge is 2.10. The lowest BCUT2D eigenvalue weighted by molar-refractivity contribution is -0.118. The average Bonchev–Trinajstić information content (AvgIpc) is 2.99. The Bertz CT molecular complexity index is 984. The normalized spacial score (nSPS) is 11.2. The van der Waals surface area contributed by atoms with Gasteiger partial charge in [0.25, 0.3) is 5.91 Å². The number of hydrogen-bond acceptors (Lipinski definition) is 6. The molecule has 0 radical (unpaired) electrons. The van der Waals surface area contributed by atoms with Gasteiger partial charge in [-0.05, 0) is 31.2 Å². The fourth-order valence-corrected chi connectivity index (χ4v) is 3.28. The Hall–Kier alpha value is -3.00. The number of aromatic nitrogens is 2. The van der Waals surface area contributed by atoms with Crippen molar-refractivity contribution in [3.8, 4) is 11.5 Å². The minimum Gasteiger partial charge on any atom is -0.504 e. The van der Waals surface area contributed by atoms with Crippen molar-refractivity contribution in [1.29, 1.82) is 0 Å². The van der Waals surface area contributed by atoms with Gasteiger partial charge in [0.1, 0.15) is 0 Å². The van der Waals surface area contributed by atoms with Crippen LogP contribution >= 0.6 is 11.8 Å². The van der Waals surface area contributed by atoms with E-state index in [2.05, 4.69) is 15.5 Å². The number of aryl methyl sites for hydroxylation is 1. The summed E-state index contributed by atoms with van der Waals surface area (Å²) in [6.45, 7) is 2.28. The molecule has 0 aliphatic carbocycles. The third-order valence-electron chi connectivity index (χ3n) is 3.80. The van der Waals surface area contributed by atoms with E-state index in [-0.39, 0.29) is 17.4 Å². The van der Waals surface area contributed by atoms with E-state index in [1.165, 1.54) is 18.0 Å². The lowest BCUT2D eigenvalue weighted by atomic mass is 10.2. The zero-order valence-corrected chi connectivity index (χ0v) is 15.9. The SMILES string of the molecule is CCOc1cccc(/C=N/NC(=O)CSc2nc3ccccc3n2C)c1O. The number of carbonyl (C=O) groups excluding carboxylic acids is 1. The van der Waals surface area contributed by atoms with E-state index in [0.717, 1.165) is 16.2 Å².